The molecule has 10 nitrogen and oxygen atoms in total. The van der Waals surface area contributed by atoms with Gasteiger partial charge in [0.15, 0.2) is 5.13 Å². The molecule has 0 saturated carbocycles. The van der Waals surface area contributed by atoms with Gasteiger partial charge in [-0.15, -0.1) is 13.2 Å². The molecule has 0 unspecified atom stereocenters. The molecule has 0 atom stereocenters. The van der Waals surface area contributed by atoms with Crippen LogP contribution in [0.3, 0.4) is 0 Å². The molecule has 2 amide bonds. The number of hydrogen-bond donors (Lipinski definition) is 2. The van der Waals surface area contributed by atoms with E-state index in [1.54, 1.807) is 0 Å². The first-order valence-corrected chi connectivity index (χ1v) is 12.9. The van der Waals surface area contributed by atoms with Gasteiger partial charge in [-0.3, -0.25) is 9.59 Å². The number of nitrogens with one attached hydrogen (secondary N) is 2. The Balaban J connectivity index is 1.46. The molecule has 1 aliphatic heterocycles. The second kappa shape index (κ2) is 10.4. The summed E-state index contributed by atoms with van der Waals surface area (Å²) in [6.45, 7) is 0.520. The number of benzene rings is 1. The lowest BCUT2D eigenvalue weighted by Crippen LogP contribution is -2.47. The molecule has 2 aromatic rings. The zero-order chi connectivity index (χ0) is 25.1. The lowest BCUT2D eigenvalue weighted by Gasteiger charge is -2.31. The minimum atomic E-state index is -4.81. The number of thiazole rings is 1. The van der Waals surface area contributed by atoms with Gasteiger partial charge in [0.05, 0.1) is 29.6 Å². The van der Waals surface area contributed by atoms with E-state index >= 15 is 0 Å². The fourth-order valence-electron chi connectivity index (χ4n) is 3.38. The molecule has 34 heavy (non-hydrogen) atoms. The molecule has 2 N–H and O–H groups in total. The Kier molecular flexibility index (Phi) is 8.00. The summed E-state index contributed by atoms with van der Waals surface area (Å²) in [4.78, 5) is 30.0. The van der Waals surface area contributed by atoms with E-state index in [0.717, 1.165) is 23.7 Å². The summed E-state index contributed by atoms with van der Waals surface area (Å²) >= 11 is 0.979. The average Bonchev–Trinajstić information content (AvgIpc) is 3.11. The highest BCUT2D eigenvalue weighted by molar-refractivity contribution is 7.88. The lowest BCUT2D eigenvalue weighted by molar-refractivity contribution is -0.274. The number of sulfonamides is 1. The van der Waals surface area contributed by atoms with Crippen molar-refractivity contribution in [3.05, 3.63) is 18.2 Å². The number of piperidine rings is 1. The topological polar surface area (TPSA) is 121 Å². The van der Waals surface area contributed by atoms with Crippen molar-refractivity contribution in [1.29, 1.82) is 0 Å². The Bertz CT molecular complexity index is 1150. The molecule has 1 fully saturated rings. The Labute approximate surface area is 198 Å². The zero-order valence-corrected chi connectivity index (χ0v) is 20.0. The van der Waals surface area contributed by atoms with Gasteiger partial charge in [0.2, 0.25) is 21.8 Å². The van der Waals surface area contributed by atoms with E-state index in [4.69, 9.17) is 0 Å². The van der Waals surface area contributed by atoms with Gasteiger partial charge >= 0.3 is 6.36 Å². The Morgan fingerprint density at radius 2 is 1.97 bits per heavy atom. The van der Waals surface area contributed by atoms with Crippen LogP contribution in [0.25, 0.3) is 10.2 Å². The fraction of sp³-hybridized carbons (Fsp3) is 0.526. The molecule has 3 rings (SSSR count). The number of carbonyl (C=O) groups excluding carboxylic acids is 2. The molecule has 0 spiro atoms. The first kappa shape index (κ1) is 26.1. The van der Waals surface area contributed by atoms with Gasteiger partial charge in [0, 0.05) is 32.2 Å². The van der Waals surface area contributed by atoms with Crippen molar-refractivity contribution in [1.82, 2.24) is 19.5 Å². The van der Waals surface area contributed by atoms with Crippen LogP contribution in [0.1, 0.15) is 12.8 Å². The van der Waals surface area contributed by atoms with Gasteiger partial charge < -0.3 is 20.3 Å². The minimum absolute atomic E-state index is 0.00172. The number of carbonyl (C=O) groups is 2. The maximum Gasteiger partial charge on any atom is 0.573 e. The molecular formula is C19H24F3N5O5S2. The third-order valence-electron chi connectivity index (χ3n) is 5.11. The number of fused-ring (bicyclic) bond motifs is 1. The van der Waals surface area contributed by atoms with Crippen LogP contribution >= 0.6 is 11.3 Å². The number of anilines is 1. The van der Waals surface area contributed by atoms with Crippen molar-refractivity contribution in [2.75, 3.05) is 44.8 Å². The summed E-state index contributed by atoms with van der Waals surface area (Å²) in [7, 11) is -1.75. The molecule has 188 valence electrons. The molecule has 0 bridgehead atoms. The van der Waals surface area contributed by atoms with Crippen molar-refractivity contribution in [2.24, 2.45) is 0 Å². The van der Waals surface area contributed by atoms with E-state index in [-0.39, 0.29) is 35.9 Å². The molecule has 1 aliphatic rings. The van der Waals surface area contributed by atoms with Crippen LogP contribution in [0.2, 0.25) is 0 Å². The summed E-state index contributed by atoms with van der Waals surface area (Å²) in [5.41, 5.74) is 0.394. The molecule has 2 heterocycles. The number of ether oxygens (including phenoxy) is 1. The first-order chi connectivity index (χ1) is 15.8. The van der Waals surface area contributed by atoms with Gasteiger partial charge in [-0.1, -0.05) is 11.3 Å². The molecule has 15 heteroatoms. The van der Waals surface area contributed by atoms with Crippen LogP contribution in [0.5, 0.6) is 5.75 Å². The average molecular weight is 524 g/mol. The summed E-state index contributed by atoms with van der Waals surface area (Å²) < 4.78 is 65.9. The van der Waals surface area contributed by atoms with Crippen molar-refractivity contribution in [3.8, 4) is 5.75 Å². The number of halogens is 3. The minimum Gasteiger partial charge on any atom is -0.406 e. The second-order valence-electron chi connectivity index (χ2n) is 7.81. The number of alkyl halides is 3. The van der Waals surface area contributed by atoms with Crippen LogP contribution in [-0.2, 0) is 19.6 Å². The van der Waals surface area contributed by atoms with E-state index in [9.17, 15) is 31.2 Å². The van der Waals surface area contributed by atoms with Gasteiger partial charge in [0.1, 0.15) is 5.75 Å². The quantitative estimate of drug-likeness (QED) is 0.539. The molecule has 0 radical (unpaired) electrons. The largest absolute Gasteiger partial charge is 0.573 e. The summed E-state index contributed by atoms with van der Waals surface area (Å²) in [5.74, 6) is -1.22. The van der Waals surface area contributed by atoms with Crippen LogP contribution in [0, 0.1) is 0 Å². The van der Waals surface area contributed by atoms with E-state index in [1.165, 1.54) is 28.4 Å². The van der Waals surface area contributed by atoms with Crippen LogP contribution in [0.4, 0.5) is 18.3 Å². The second-order valence-corrected chi connectivity index (χ2v) is 10.8. The zero-order valence-electron chi connectivity index (χ0n) is 18.4. The van der Waals surface area contributed by atoms with E-state index in [1.807, 2.05) is 0 Å². The molecule has 1 aromatic carbocycles. The van der Waals surface area contributed by atoms with Gasteiger partial charge in [-0.05, 0) is 25.0 Å². The van der Waals surface area contributed by atoms with Gasteiger partial charge in [-0.2, -0.15) is 0 Å². The number of aromatic nitrogens is 1. The number of nitrogens with zero attached hydrogens (tertiary/aromatic N) is 3. The van der Waals surface area contributed by atoms with Crippen molar-refractivity contribution < 1.29 is 35.9 Å². The number of rotatable bonds is 8. The predicted octanol–water partition coefficient (Wildman–Crippen LogP) is 1.61. The number of likely N-dealkylation sites (N-methyl/N-ethyl adjacent to an activating group) is 1. The number of amides is 2. The number of hydrogen-bond acceptors (Lipinski definition) is 8. The Morgan fingerprint density at radius 1 is 1.29 bits per heavy atom. The maximum atomic E-state index is 12.4. The Morgan fingerprint density at radius 3 is 2.59 bits per heavy atom. The van der Waals surface area contributed by atoms with Crippen molar-refractivity contribution in [3.63, 3.8) is 0 Å². The van der Waals surface area contributed by atoms with E-state index < -0.39 is 22.3 Å². The molecule has 0 aliphatic carbocycles. The molecular weight excluding hydrogens is 499 g/mol. The van der Waals surface area contributed by atoms with Crippen molar-refractivity contribution >= 4 is 48.5 Å². The SMILES string of the molecule is CN(CC(=O)Nc1nc2ccc(OC(F)(F)F)cc2s1)C(=O)CNC1CCN(S(C)(=O)=O)CC1. The van der Waals surface area contributed by atoms with E-state index in [2.05, 4.69) is 20.4 Å². The third-order valence-corrected chi connectivity index (χ3v) is 7.35. The third kappa shape index (κ3) is 7.51. The fourth-order valence-corrected chi connectivity index (χ4v) is 5.16. The molecule has 1 aromatic heterocycles. The highest BCUT2D eigenvalue weighted by Crippen LogP contribution is 2.31. The van der Waals surface area contributed by atoms with Gasteiger partial charge in [0.25, 0.3) is 0 Å². The van der Waals surface area contributed by atoms with Gasteiger partial charge in [-0.25, -0.2) is 17.7 Å². The smallest absolute Gasteiger partial charge is 0.406 e. The van der Waals surface area contributed by atoms with E-state index in [0.29, 0.717) is 36.1 Å². The standard InChI is InChI=1S/C19H24F3N5O5S2/c1-26(17(29)10-23-12-5-7-27(8-6-12)34(2,30)31)11-16(28)25-18-24-14-4-3-13(9-15(14)33-18)32-19(20,21)22/h3-4,9,12,23H,5-8,10-11H2,1-2H3,(H,24,25,28). The Hall–Kier alpha value is -2.49. The van der Waals surface area contributed by atoms with Crippen LogP contribution < -0.4 is 15.4 Å². The highest BCUT2D eigenvalue weighted by Gasteiger charge is 2.31. The summed E-state index contributed by atoms with van der Waals surface area (Å²) in [6.07, 6.45) is -2.48. The van der Waals surface area contributed by atoms with Crippen LogP contribution in [0.15, 0.2) is 18.2 Å². The highest BCUT2D eigenvalue weighted by atomic mass is 32.2. The summed E-state index contributed by atoms with van der Waals surface area (Å²) in [5, 5.41) is 5.81. The normalized spacial score (nSPS) is 15.9. The monoisotopic (exact) mass is 523 g/mol. The molecule has 1 saturated heterocycles. The van der Waals surface area contributed by atoms with Crippen molar-refractivity contribution in [2.45, 2.75) is 25.2 Å². The lowest BCUT2D eigenvalue weighted by atomic mass is 10.1. The maximum absolute atomic E-state index is 12.4. The predicted molar refractivity (Wildman–Crippen MR) is 120 cm³/mol. The van der Waals surface area contributed by atoms with Crippen LogP contribution in [-0.4, -0.2) is 86.3 Å². The summed E-state index contributed by atoms with van der Waals surface area (Å²) in [6, 6.07) is 3.66. The first-order valence-electron chi connectivity index (χ1n) is 10.2.